The fourth-order valence-corrected chi connectivity index (χ4v) is 3.80. The molecule has 23 heavy (non-hydrogen) atoms. The van der Waals surface area contributed by atoms with Crippen molar-refractivity contribution in [2.24, 2.45) is 5.73 Å². The summed E-state index contributed by atoms with van der Waals surface area (Å²) in [5.74, 6) is -0.295. The second kappa shape index (κ2) is 7.43. The number of carbonyl (C=O) groups is 1. The maximum absolute atomic E-state index is 11.4. The number of primary amides is 1. The number of nitrogens with zero attached hydrogens (tertiary/aromatic N) is 1. The van der Waals surface area contributed by atoms with Crippen molar-refractivity contribution in [2.75, 3.05) is 19.7 Å². The predicted octanol–water partition coefficient (Wildman–Crippen LogP) is 1.39. The maximum atomic E-state index is 11.4. The number of rotatable bonds is 6. The molecule has 0 aromatic heterocycles. The van der Waals surface area contributed by atoms with Crippen LogP contribution in [0.2, 0.25) is 0 Å². The van der Waals surface area contributed by atoms with Crippen LogP contribution in [0, 0.1) is 0 Å². The van der Waals surface area contributed by atoms with Crippen molar-refractivity contribution < 1.29 is 14.6 Å². The highest BCUT2D eigenvalue weighted by molar-refractivity contribution is 5.80. The van der Waals surface area contributed by atoms with Crippen LogP contribution >= 0.6 is 0 Å². The summed E-state index contributed by atoms with van der Waals surface area (Å²) in [6, 6.07) is 8.14. The van der Waals surface area contributed by atoms with Crippen LogP contribution in [0.4, 0.5) is 0 Å². The summed E-state index contributed by atoms with van der Waals surface area (Å²) in [6.45, 7) is 1.56. The van der Waals surface area contributed by atoms with Crippen LogP contribution in [0.3, 0.4) is 0 Å². The van der Waals surface area contributed by atoms with Gasteiger partial charge in [-0.25, -0.2) is 0 Å². The smallest absolute Gasteiger partial charge is 0.234 e. The summed E-state index contributed by atoms with van der Waals surface area (Å²) in [6.07, 6.45) is 4.44. The van der Waals surface area contributed by atoms with Crippen LogP contribution in [0.15, 0.2) is 24.3 Å². The molecule has 1 aliphatic heterocycles. The van der Waals surface area contributed by atoms with Crippen LogP contribution in [0.5, 0.6) is 0 Å². The van der Waals surface area contributed by atoms with Gasteiger partial charge in [0.05, 0.1) is 24.9 Å². The average Bonchev–Trinajstić information content (AvgIpc) is 3.01. The zero-order valence-corrected chi connectivity index (χ0v) is 13.5. The highest BCUT2D eigenvalue weighted by Gasteiger charge is 2.30. The minimum atomic E-state index is -0.593. The molecule has 1 saturated heterocycles. The van der Waals surface area contributed by atoms with E-state index in [4.69, 9.17) is 10.5 Å². The first-order chi connectivity index (χ1) is 11.1. The molecule has 0 radical (unpaired) electrons. The number of aliphatic hydroxyl groups excluding tert-OH is 1. The van der Waals surface area contributed by atoms with Gasteiger partial charge < -0.3 is 15.6 Å². The average molecular weight is 318 g/mol. The Morgan fingerprint density at radius 3 is 3.00 bits per heavy atom. The lowest BCUT2D eigenvalue weighted by molar-refractivity contribution is -0.123. The van der Waals surface area contributed by atoms with Crippen LogP contribution < -0.4 is 5.73 Å². The van der Waals surface area contributed by atoms with Crippen molar-refractivity contribution in [3.05, 3.63) is 35.4 Å². The van der Waals surface area contributed by atoms with E-state index < -0.39 is 6.10 Å². The first-order valence-electron chi connectivity index (χ1n) is 8.56. The predicted molar refractivity (Wildman–Crippen MR) is 87.9 cm³/mol. The van der Waals surface area contributed by atoms with Gasteiger partial charge in [-0.2, -0.15) is 0 Å². The minimum Gasteiger partial charge on any atom is -0.389 e. The third-order valence-corrected chi connectivity index (χ3v) is 4.94. The maximum Gasteiger partial charge on any atom is 0.234 e. The molecule has 0 saturated carbocycles. The number of nitrogens with two attached hydrogens (primary N) is 1. The molecule has 1 aliphatic carbocycles. The molecule has 2 aliphatic rings. The zero-order chi connectivity index (χ0) is 16.2. The Morgan fingerprint density at radius 1 is 1.35 bits per heavy atom. The van der Waals surface area contributed by atoms with Crippen molar-refractivity contribution in [1.29, 1.82) is 0 Å². The number of aliphatic hydroxyl groups is 1. The number of amides is 1. The summed E-state index contributed by atoms with van der Waals surface area (Å²) in [5.41, 5.74) is 8.02. The molecule has 1 heterocycles. The van der Waals surface area contributed by atoms with Gasteiger partial charge >= 0.3 is 0 Å². The van der Waals surface area contributed by atoms with Crippen LogP contribution in [0.25, 0.3) is 0 Å². The van der Waals surface area contributed by atoms with Crippen LogP contribution in [-0.2, 0) is 16.0 Å². The second-order valence-electron chi connectivity index (χ2n) is 6.62. The standard InChI is InChI=1S/C18H26N2O3/c19-18(22)16-8-4-10-20(16)11-14(21)12-23-17-9-3-6-13-5-1-2-7-15(13)17/h1-2,5,7,14,16-17,21H,3-4,6,8-12H2,(H2,19,22)/t14-,16-,17-/m0/s1. The van der Waals surface area contributed by atoms with E-state index in [9.17, 15) is 9.90 Å². The molecule has 0 spiro atoms. The number of benzene rings is 1. The lowest BCUT2D eigenvalue weighted by Crippen LogP contribution is -2.44. The largest absolute Gasteiger partial charge is 0.389 e. The van der Waals surface area contributed by atoms with E-state index in [1.54, 1.807) is 0 Å². The van der Waals surface area contributed by atoms with Gasteiger partial charge in [-0.05, 0) is 49.8 Å². The van der Waals surface area contributed by atoms with E-state index in [0.29, 0.717) is 13.2 Å². The van der Waals surface area contributed by atoms with Gasteiger partial charge in [-0.3, -0.25) is 9.69 Å². The van der Waals surface area contributed by atoms with E-state index in [-0.39, 0.29) is 18.1 Å². The second-order valence-corrected chi connectivity index (χ2v) is 6.62. The Hall–Kier alpha value is -1.43. The summed E-state index contributed by atoms with van der Waals surface area (Å²) >= 11 is 0. The number of β-amino-alcohol motifs (C(OH)–C–C–N with tert-alkyl or cyclic N) is 1. The third-order valence-electron chi connectivity index (χ3n) is 4.94. The molecule has 1 aromatic carbocycles. The molecular formula is C18H26N2O3. The Balaban J connectivity index is 1.52. The third kappa shape index (κ3) is 3.91. The fourth-order valence-electron chi connectivity index (χ4n) is 3.80. The van der Waals surface area contributed by atoms with Gasteiger partial charge in [0.1, 0.15) is 0 Å². The lowest BCUT2D eigenvalue weighted by Gasteiger charge is -2.28. The molecule has 1 amide bonds. The highest BCUT2D eigenvalue weighted by atomic mass is 16.5. The summed E-state index contributed by atoms with van der Waals surface area (Å²) < 4.78 is 5.98. The van der Waals surface area contributed by atoms with Crippen molar-refractivity contribution in [3.8, 4) is 0 Å². The summed E-state index contributed by atoms with van der Waals surface area (Å²) in [5, 5.41) is 10.3. The molecule has 3 atom stereocenters. The Morgan fingerprint density at radius 2 is 2.17 bits per heavy atom. The SMILES string of the molecule is NC(=O)[C@@H]1CCCN1C[C@H](O)CO[C@H]1CCCc2ccccc21. The molecule has 0 unspecified atom stereocenters. The quantitative estimate of drug-likeness (QED) is 0.831. The van der Waals surface area contributed by atoms with Crippen LogP contribution in [-0.4, -0.2) is 47.8 Å². The van der Waals surface area contributed by atoms with E-state index >= 15 is 0 Å². The molecule has 1 fully saturated rings. The molecule has 3 rings (SSSR count). The minimum absolute atomic E-state index is 0.0696. The van der Waals surface area contributed by atoms with Crippen LogP contribution in [0.1, 0.15) is 42.9 Å². The van der Waals surface area contributed by atoms with Gasteiger partial charge in [-0.1, -0.05) is 24.3 Å². The van der Waals surface area contributed by atoms with Gasteiger partial charge in [0.2, 0.25) is 5.91 Å². The normalized spacial score (nSPS) is 26.0. The lowest BCUT2D eigenvalue weighted by atomic mass is 9.89. The molecule has 5 nitrogen and oxygen atoms in total. The number of aryl methyl sites for hydroxylation is 1. The van der Waals surface area contributed by atoms with Gasteiger partial charge in [0, 0.05) is 6.54 Å². The topological polar surface area (TPSA) is 75.8 Å². The molecule has 126 valence electrons. The van der Waals surface area contributed by atoms with Gasteiger partial charge in [0.25, 0.3) is 0 Å². The molecular weight excluding hydrogens is 292 g/mol. The van der Waals surface area contributed by atoms with Crippen molar-refractivity contribution in [2.45, 2.75) is 50.4 Å². The monoisotopic (exact) mass is 318 g/mol. The molecule has 3 N–H and O–H groups in total. The Kier molecular flexibility index (Phi) is 5.30. The molecule has 5 heteroatoms. The van der Waals surface area contributed by atoms with Crippen molar-refractivity contribution >= 4 is 5.91 Å². The first-order valence-corrected chi connectivity index (χ1v) is 8.56. The zero-order valence-electron chi connectivity index (χ0n) is 13.5. The van der Waals surface area contributed by atoms with Crippen molar-refractivity contribution in [1.82, 2.24) is 4.90 Å². The molecule has 0 bridgehead atoms. The summed E-state index contributed by atoms with van der Waals surface area (Å²) in [4.78, 5) is 13.4. The fraction of sp³-hybridized carbons (Fsp3) is 0.611. The number of ether oxygens (including phenoxy) is 1. The van der Waals surface area contributed by atoms with Crippen molar-refractivity contribution in [3.63, 3.8) is 0 Å². The summed E-state index contributed by atoms with van der Waals surface area (Å²) in [7, 11) is 0. The van der Waals surface area contributed by atoms with E-state index in [1.807, 2.05) is 11.0 Å². The number of hydrogen-bond acceptors (Lipinski definition) is 4. The Bertz CT molecular complexity index is 549. The number of fused-ring (bicyclic) bond motifs is 1. The van der Waals surface area contributed by atoms with E-state index in [1.165, 1.54) is 11.1 Å². The molecule has 1 aromatic rings. The van der Waals surface area contributed by atoms with E-state index in [0.717, 1.165) is 38.6 Å². The number of carbonyl (C=O) groups excluding carboxylic acids is 1. The highest BCUT2D eigenvalue weighted by Crippen LogP contribution is 2.32. The number of likely N-dealkylation sites (tertiary alicyclic amines) is 1. The van der Waals surface area contributed by atoms with E-state index in [2.05, 4.69) is 18.2 Å². The van der Waals surface area contributed by atoms with Gasteiger partial charge in [-0.15, -0.1) is 0 Å². The Labute approximate surface area is 137 Å². The van der Waals surface area contributed by atoms with Gasteiger partial charge in [0.15, 0.2) is 0 Å². The first kappa shape index (κ1) is 16.4. The number of hydrogen-bond donors (Lipinski definition) is 2.